The molecule has 1 heterocycles. The van der Waals surface area contributed by atoms with E-state index < -0.39 is 0 Å². The standard InChI is InChI=1S/C13H12N2O3S/c1-8(16)10-4-3-9(18-2)7-11(10)15-12(17)13-14-5-6-19-13/h3-7H,1-2H3,(H,15,17). The Labute approximate surface area is 114 Å². The maximum Gasteiger partial charge on any atom is 0.284 e. The summed E-state index contributed by atoms with van der Waals surface area (Å²) in [5.74, 6) is 0.0993. The summed E-state index contributed by atoms with van der Waals surface area (Å²) < 4.78 is 5.09. The Morgan fingerprint density at radius 2 is 2.16 bits per heavy atom. The van der Waals surface area contributed by atoms with Gasteiger partial charge in [0.15, 0.2) is 10.8 Å². The van der Waals surface area contributed by atoms with Gasteiger partial charge in [0, 0.05) is 23.2 Å². The van der Waals surface area contributed by atoms with E-state index in [0.29, 0.717) is 22.0 Å². The molecule has 0 saturated carbocycles. The number of aromatic nitrogens is 1. The Hall–Kier alpha value is -2.21. The maximum absolute atomic E-state index is 11.9. The molecule has 2 aromatic rings. The molecule has 0 bridgehead atoms. The second-order valence-electron chi connectivity index (χ2n) is 3.76. The number of benzene rings is 1. The SMILES string of the molecule is COc1ccc(C(C)=O)c(NC(=O)c2nccs2)c1. The fourth-order valence-electron chi connectivity index (χ4n) is 1.57. The van der Waals surface area contributed by atoms with Crippen molar-refractivity contribution in [3.63, 3.8) is 0 Å². The van der Waals surface area contributed by atoms with Crippen LogP contribution in [0.4, 0.5) is 5.69 Å². The van der Waals surface area contributed by atoms with Crippen LogP contribution in [0.3, 0.4) is 0 Å². The Kier molecular flexibility index (Phi) is 3.91. The summed E-state index contributed by atoms with van der Waals surface area (Å²) >= 11 is 1.24. The van der Waals surface area contributed by atoms with Crippen LogP contribution in [0, 0.1) is 0 Å². The molecule has 0 atom stereocenters. The molecule has 0 aliphatic rings. The van der Waals surface area contributed by atoms with Gasteiger partial charge < -0.3 is 10.1 Å². The number of thiazole rings is 1. The lowest BCUT2D eigenvalue weighted by Gasteiger charge is -2.10. The van der Waals surface area contributed by atoms with Crippen LogP contribution in [0.2, 0.25) is 0 Å². The number of ketones is 1. The molecule has 0 aliphatic heterocycles. The first-order valence-corrected chi connectivity index (χ1v) is 6.39. The fraction of sp³-hybridized carbons (Fsp3) is 0.154. The highest BCUT2D eigenvalue weighted by Crippen LogP contribution is 2.23. The minimum absolute atomic E-state index is 0.128. The molecule has 1 N–H and O–H groups in total. The number of anilines is 1. The van der Waals surface area contributed by atoms with E-state index in [1.807, 2.05) is 0 Å². The van der Waals surface area contributed by atoms with Gasteiger partial charge in [0.25, 0.3) is 5.91 Å². The molecule has 5 nitrogen and oxygen atoms in total. The Balaban J connectivity index is 2.32. The molecular formula is C13H12N2O3S. The van der Waals surface area contributed by atoms with Crippen LogP contribution in [-0.4, -0.2) is 23.8 Å². The minimum Gasteiger partial charge on any atom is -0.497 e. The van der Waals surface area contributed by atoms with E-state index in [1.54, 1.807) is 29.8 Å². The monoisotopic (exact) mass is 276 g/mol. The van der Waals surface area contributed by atoms with Crippen LogP contribution in [0.15, 0.2) is 29.8 Å². The van der Waals surface area contributed by atoms with E-state index in [4.69, 9.17) is 4.74 Å². The van der Waals surface area contributed by atoms with Gasteiger partial charge in [-0.1, -0.05) is 0 Å². The van der Waals surface area contributed by atoms with Crippen LogP contribution in [0.5, 0.6) is 5.75 Å². The molecule has 1 aromatic carbocycles. The summed E-state index contributed by atoms with van der Waals surface area (Å²) in [6.07, 6.45) is 1.55. The second kappa shape index (κ2) is 5.62. The van der Waals surface area contributed by atoms with E-state index >= 15 is 0 Å². The average molecular weight is 276 g/mol. The van der Waals surface area contributed by atoms with Crippen LogP contribution in [-0.2, 0) is 0 Å². The summed E-state index contributed by atoms with van der Waals surface area (Å²) in [5.41, 5.74) is 0.859. The van der Waals surface area contributed by atoms with Gasteiger partial charge in [-0.15, -0.1) is 11.3 Å². The van der Waals surface area contributed by atoms with Crippen LogP contribution in [0.25, 0.3) is 0 Å². The van der Waals surface area contributed by atoms with Crippen molar-refractivity contribution in [2.24, 2.45) is 0 Å². The third-order valence-corrected chi connectivity index (χ3v) is 3.25. The molecule has 6 heteroatoms. The number of rotatable bonds is 4. The van der Waals surface area contributed by atoms with Crippen molar-refractivity contribution < 1.29 is 14.3 Å². The van der Waals surface area contributed by atoms with E-state index in [-0.39, 0.29) is 11.7 Å². The number of ether oxygens (including phenoxy) is 1. The molecule has 0 saturated heterocycles. The number of hydrogen-bond acceptors (Lipinski definition) is 5. The van der Waals surface area contributed by atoms with Gasteiger partial charge in [-0.3, -0.25) is 9.59 Å². The fourth-order valence-corrected chi connectivity index (χ4v) is 2.10. The summed E-state index contributed by atoms with van der Waals surface area (Å²) in [7, 11) is 1.52. The van der Waals surface area contributed by atoms with Crippen molar-refractivity contribution >= 4 is 28.7 Å². The molecular weight excluding hydrogens is 264 g/mol. The first-order chi connectivity index (χ1) is 9.11. The van der Waals surface area contributed by atoms with Crippen molar-refractivity contribution in [1.29, 1.82) is 0 Å². The number of hydrogen-bond donors (Lipinski definition) is 1. The molecule has 19 heavy (non-hydrogen) atoms. The molecule has 2 rings (SSSR count). The molecule has 98 valence electrons. The van der Waals surface area contributed by atoms with Crippen LogP contribution >= 0.6 is 11.3 Å². The van der Waals surface area contributed by atoms with Crippen molar-refractivity contribution in [2.45, 2.75) is 6.92 Å². The number of carbonyl (C=O) groups is 2. The molecule has 1 aromatic heterocycles. The highest BCUT2D eigenvalue weighted by molar-refractivity contribution is 7.11. The van der Waals surface area contributed by atoms with Crippen molar-refractivity contribution in [2.75, 3.05) is 12.4 Å². The molecule has 0 unspecified atom stereocenters. The molecule has 0 radical (unpaired) electrons. The number of Topliss-reactive ketones (excluding diaryl/α,β-unsaturated/α-hetero) is 1. The van der Waals surface area contributed by atoms with Crippen molar-refractivity contribution in [3.05, 3.63) is 40.3 Å². The van der Waals surface area contributed by atoms with Gasteiger partial charge in [-0.2, -0.15) is 0 Å². The first kappa shape index (κ1) is 13.2. The molecule has 0 aliphatic carbocycles. The third kappa shape index (κ3) is 2.97. The quantitative estimate of drug-likeness (QED) is 0.871. The topological polar surface area (TPSA) is 68.3 Å². The smallest absolute Gasteiger partial charge is 0.284 e. The second-order valence-corrected chi connectivity index (χ2v) is 4.65. The zero-order valence-electron chi connectivity index (χ0n) is 10.5. The number of nitrogens with one attached hydrogen (secondary N) is 1. The van der Waals surface area contributed by atoms with Gasteiger partial charge >= 0.3 is 0 Å². The summed E-state index contributed by atoms with van der Waals surface area (Å²) in [6.45, 7) is 1.45. The number of nitrogens with zero attached hydrogens (tertiary/aromatic N) is 1. The predicted molar refractivity (Wildman–Crippen MR) is 73.1 cm³/mol. The first-order valence-electron chi connectivity index (χ1n) is 5.51. The highest BCUT2D eigenvalue weighted by Gasteiger charge is 2.14. The molecule has 1 amide bonds. The number of carbonyl (C=O) groups excluding carboxylic acids is 2. The summed E-state index contributed by atoms with van der Waals surface area (Å²) in [5, 5.41) is 4.74. The normalized spacial score (nSPS) is 10.0. The Bertz CT molecular complexity index is 608. The van der Waals surface area contributed by atoms with Gasteiger partial charge in [0.05, 0.1) is 12.8 Å². The highest BCUT2D eigenvalue weighted by atomic mass is 32.1. The zero-order chi connectivity index (χ0) is 13.8. The molecule has 0 spiro atoms. The van der Waals surface area contributed by atoms with E-state index in [1.165, 1.54) is 25.4 Å². The largest absolute Gasteiger partial charge is 0.497 e. The van der Waals surface area contributed by atoms with Crippen LogP contribution < -0.4 is 10.1 Å². The lowest BCUT2D eigenvalue weighted by molar-refractivity contribution is 0.101. The van der Waals surface area contributed by atoms with E-state index in [0.717, 1.165) is 0 Å². The van der Waals surface area contributed by atoms with Crippen molar-refractivity contribution in [3.8, 4) is 5.75 Å². The van der Waals surface area contributed by atoms with Gasteiger partial charge in [0.1, 0.15) is 5.75 Å². The molecule has 0 fully saturated rings. The number of methoxy groups -OCH3 is 1. The number of amides is 1. The van der Waals surface area contributed by atoms with Gasteiger partial charge in [-0.05, 0) is 19.1 Å². The van der Waals surface area contributed by atoms with Crippen molar-refractivity contribution in [1.82, 2.24) is 4.98 Å². The lowest BCUT2D eigenvalue weighted by Crippen LogP contribution is -2.14. The predicted octanol–water partition coefficient (Wildman–Crippen LogP) is 2.61. The Morgan fingerprint density at radius 3 is 2.74 bits per heavy atom. The summed E-state index contributed by atoms with van der Waals surface area (Å²) in [4.78, 5) is 27.4. The summed E-state index contributed by atoms with van der Waals surface area (Å²) in [6, 6.07) is 4.91. The lowest BCUT2D eigenvalue weighted by atomic mass is 10.1. The van der Waals surface area contributed by atoms with E-state index in [9.17, 15) is 9.59 Å². The third-order valence-electron chi connectivity index (χ3n) is 2.48. The minimum atomic E-state index is -0.342. The average Bonchev–Trinajstić information content (AvgIpc) is 2.92. The maximum atomic E-state index is 11.9. The van der Waals surface area contributed by atoms with Gasteiger partial charge in [0.2, 0.25) is 0 Å². The van der Waals surface area contributed by atoms with Crippen LogP contribution in [0.1, 0.15) is 27.1 Å². The van der Waals surface area contributed by atoms with Gasteiger partial charge in [-0.25, -0.2) is 4.98 Å². The zero-order valence-corrected chi connectivity index (χ0v) is 11.3. The van der Waals surface area contributed by atoms with E-state index in [2.05, 4.69) is 10.3 Å². The Morgan fingerprint density at radius 1 is 1.37 bits per heavy atom.